The van der Waals surface area contributed by atoms with Crippen LogP contribution in [0.2, 0.25) is 0 Å². The van der Waals surface area contributed by atoms with Crippen molar-refractivity contribution in [1.82, 2.24) is 9.97 Å². The van der Waals surface area contributed by atoms with E-state index in [1.165, 1.54) is 18.5 Å². The van der Waals surface area contributed by atoms with Crippen molar-refractivity contribution in [1.29, 1.82) is 0 Å². The lowest BCUT2D eigenvalue weighted by Crippen LogP contribution is -2.32. The summed E-state index contributed by atoms with van der Waals surface area (Å²) >= 11 is 0. The van der Waals surface area contributed by atoms with Crippen molar-refractivity contribution in [3.63, 3.8) is 0 Å². The van der Waals surface area contributed by atoms with Gasteiger partial charge in [0.05, 0.1) is 16.9 Å². The number of carboxylic acids is 1. The third-order valence-electron chi connectivity index (χ3n) is 2.62. The van der Waals surface area contributed by atoms with Gasteiger partial charge < -0.3 is 15.8 Å². The zero-order valence-electron chi connectivity index (χ0n) is 11.8. The van der Waals surface area contributed by atoms with Gasteiger partial charge in [0.25, 0.3) is 10.1 Å². The zero-order chi connectivity index (χ0) is 16.8. The van der Waals surface area contributed by atoms with Crippen LogP contribution in [0.3, 0.4) is 0 Å². The second kappa shape index (κ2) is 7.69. The van der Waals surface area contributed by atoms with E-state index in [1.54, 1.807) is 18.3 Å². The Morgan fingerprint density at radius 2 is 1.95 bits per heavy atom. The maximum absolute atomic E-state index is 10.5. The van der Waals surface area contributed by atoms with Gasteiger partial charge in [-0.25, -0.2) is 4.98 Å². The number of aliphatic carboxylic acids is 1. The van der Waals surface area contributed by atoms with Crippen LogP contribution < -0.4 is 5.73 Å². The molecular formula is C13H17N3O5S. The van der Waals surface area contributed by atoms with E-state index in [2.05, 4.69) is 9.97 Å². The minimum absolute atomic E-state index is 0.0666. The molecule has 1 aromatic heterocycles. The van der Waals surface area contributed by atoms with E-state index >= 15 is 0 Å². The molecule has 0 amide bonds. The van der Waals surface area contributed by atoms with E-state index in [0.717, 1.165) is 5.56 Å². The molecule has 1 aromatic carbocycles. The van der Waals surface area contributed by atoms with Gasteiger partial charge in [0.2, 0.25) is 0 Å². The second-order valence-electron chi connectivity index (χ2n) is 4.50. The van der Waals surface area contributed by atoms with E-state index in [4.69, 9.17) is 15.4 Å². The normalized spacial score (nSPS) is 12.1. The van der Waals surface area contributed by atoms with Crippen LogP contribution in [0, 0.1) is 6.92 Å². The third kappa shape index (κ3) is 6.04. The van der Waals surface area contributed by atoms with Crippen LogP contribution in [0.5, 0.6) is 0 Å². The van der Waals surface area contributed by atoms with Crippen molar-refractivity contribution in [3.8, 4) is 0 Å². The molecule has 2 aromatic rings. The van der Waals surface area contributed by atoms with Crippen molar-refractivity contribution in [2.45, 2.75) is 24.3 Å². The number of carbonyl (C=O) groups is 1. The molecule has 1 heterocycles. The van der Waals surface area contributed by atoms with Crippen LogP contribution in [0.15, 0.2) is 41.7 Å². The van der Waals surface area contributed by atoms with Gasteiger partial charge in [0.1, 0.15) is 6.04 Å². The largest absolute Gasteiger partial charge is 0.480 e. The molecule has 0 bridgehead atoms. The Kier molecular flexibility index (Phi) is 6.23. The predicted octanol–water partition coefficient (Wildman–Crippen LogP) is 0.606. The fourth-order valence-electron chi connectivity index (χ4n) is 1.43. The quantitative estimate of drug-likeness (QED) is 0.601. The summed E-state index contributed by atoms with van der Waals surface area (Å²) in [7, 11) is -4.02. The summed E-state index contributed by atoms with van der Waals surface area (Å²) in [6, 6.07) is 5.12. The second-order valence-corrected chi connectivity index (χ2v) is 5.92. The topological polar surface area (TPSA) is 146 Å². The average Bonchev–Trinajstić information content (AvgIpc) is 2.91. The molecule has 0 radical (unpaired) electrons. The molecular weight excluding hydrogens is 310 g/mol. The Balaban J connectivity index is 0.000000220. The molecule has 0 fully saturated rings. The number of nitrogens with two attached hydrogens (primary N) is 1. The van der Waals surface area contributed by atoms with Crippen molar-refractivity contribution in [2.24, 2.45) is 5.73 Å². The molecule has 0 aliphatic carbocycles. The van der Waals surface area contributed by atoms with E-state index in [9.17, 15) is 13.2 Å². The standard InChI is InChI=1S/C7H8O3S.C6H9N3O2/c1-6-2-4-7(5-3-6)11(8,9)10;7-5(6(10)11)1-4-2-8-3-9-4/h2-5H,1H3,(H,8,9,10);2-3,5H,1,7H2,(H,8,9)(H,10,11). The van der Waals surface area contributed by atoms with E-state index in [0.29, 0.717) is 5.69 Å². The molecule has 1 unspecified atom stereocenters. The van der Waals surface area contributed by atoms with E-state index < -0.39 is 22.1 Å². The van der Waals surface area contributed by atoms with Crippen molar-refractivity contribution < 1.29 is 22.9 Å². The number of hydrogen-bond acceptors (Lipinski definition) is 5. The fourth-order valence-corrected chi connectivity index (χ4v) is 1.91. The maximum Gasteiger partial charge on any atom is 0.320 e. The number of imidazole rings is 1. The van der Waals surface area contributed by atoms with E-state index in [1.807, 2.05) is 6.92 Å². The zero-order valence-corrected chi connectivity index (χ0v) is 12.6. The van der Waals surface area contributed by atoms with Gasteiger partial charge >= 0.3 is 5.97 Å². The van der Waals surface area contributed by atoms with Crippen LogP contribution in [0.4, 0.5) is 0 Å². The van der Waals surface area contributed by atoms with Crippen molar-refractivity contribution in [2.75, 3.05) is 0 Å². The summed E-state index contributed by atoms with van der Waals surface area (Å²) < 4.78 is 29.6. The number of H-pyrrole nitrogens is 1. The smallest absolute Gasteiger partial charge is 0.320 e. The summed E-state index contributed by atoms with van der Waals surface area (Å²) in [6.45, 7) is 1.84. The fraction of sp³-hybridized carbons (Fsp3) is 0.231. The van der Waals surface area contributed by atoms with Crippen molar-refractivity contribution in [3.05, 3.63) is 48.0 Å². The van der Waals surface area contributed by atoms with Gasteiger partial charge in [0, 0.05) is 12.6 Å². The number of hydrogen-bond donors (Lipinski definition) is 4. The summed E-state index contributed by atoms with van der Waals surface area (Å²) in [4.78, 5) is 16.8. The summed E-state index contributed by atoms with van der Waals surface area (Å²) in [5.41, 5.74) is 6.88. The highest BCUT2D eigenvalue weighted by Gasteiger charge is 2.12. The molecule has 5 N–H and O–H groups in total. The van der Waals surface area contributed by atoms with Crippen LogP contribution in [0.1, 0.15) is 11.3 Å². The number of benzene rings is 1. The SMILES string of the molecule is Cc1ccc(S(=O)(=O)O)cc1.NC(Cc1c[nH]cn1)C(=O)O. The number of aromatic nitrogens is 2. The number of nitrogens with zero attached hydrogens (tertiary/aromatic N) is 1. The van der Waals surface area contributed by atoms with Gasteiger partial charge in [-0.3, -0.25) is 9.35 Å². The molecule has 0 saturated carbocycles. The van der Waals surface area contributed by atoms with Gasteiger partial charge in [-0.2, -0.15) is 8.42 Å². The lowest BCUT2D eigenvalue weighted by atomic mass is 10.2. The Hall–Kier alpha value is -2.23. The highest BCUT2D eigenvalue weighted by molar-refractivity contribution is 7.85. The molecule has 0 aliphatic heterocycles. The van der Waals surface area contributed by atoms with Crippen LogP contribution in [-0.4, -0.2) is 40.1 Å². The Morgan fingerprint density at radius 1 is 1.36 bits per heavy atom. The summed E-state index contributed by atoms with van der Waals surface area (Å²) in [5, 5.41) is 8.42. The molecule has 8 nitrogen and oxygen atoms in total. The maximum atomic E-state index is 10.5. The highest BCUT2D eigenvalue weighted by atomic mass is 32.2. The number of carboxylic acid groups (broad SMARTS) is 1. The number of rotatable bonds is 4. The van der Waals surface area contributed by atoms with E-state index in [-0.39, 0.29) is 11.3 Å². The average molecular weight is 327 g/mol. The molecule has 0 saturated heterocycles. The first-order valence-corrected chi connectivity index (χ1v) is 7.64. The number of nitrogens with one attached hydrogen (secondary N) is 1. The van der Waals surface area contributed by atoms with Gasteiger partial charge in [-0.15, -0.1) is 0 Å². The molecule has 0 spiro atoms. The number of aromatic amines is 1. The van der Waals surface area contributed by atoms with Crippen LogP contribution in [-0.2, 0) is 21.3 Å². The van der Waals surface area contributed by atoms with Gasteiger partial charge in [-0.05, 0) is 19.1 Å². The molecule has 9 heteroatoms. The predicted molar refractivity (Wildman–Crippen MR) is 78.9 cm³/mol. The first-order chi connectivity index (χ1) is 10.2. The Morgan fingerprint density at radius 3 is 2.36 bits per heavy atom. The first kappa shape index (κ1) is 17.8. The minimum atomic E-state index is -4.02. The summed E-state index contributed by atoms with van der Waals surface area (Å²) in [5.74, 6) is -1.01. The first-order valence-electron chi connectivity index (χ1n) is 6.20. The molecule has 120 valence electrons. The molecule has 1 atom stereocenters. The minimum Gasteiger partial charge on any atom is -0.480 e. The van der Waals surface area contributed by atoms with Gasteiger partial charge in [-0.1, -0.05) is 17.7 Å². The third-order valence-corrected chi connectivity index (χ3v) is 3.49. The lowest BCUT2D eigenvalue weighted by Gasteiger charge is -2.01. The monoisotopic (exact) mass is 327 g/mol. The summed E-state index contributed by atoms with van der Waals surface area (Å²) in [6.07, 6.45) is 3.38. The van der Waals surface area contributed by atoms with Crippen LogP contribution >= 0.6 is 0 Å². The Labute approximate surface area is 127 Å². The van der Waals surface area contributed by atoms with Gasteiger partial charge in [0.15, 0.2) is 0 Å². The number of aryl methyl sites for hydroxylation is 1. The highest BCUT2D eigenvalue weighted by Crippen LogP contribution is 2.08. The van der Waals surface area contributed by atoms with Crippen molar-refractivity contribution >= 4 is 16.1 Å². The van der Waals surface area contributed by atoms with Crippen LogP contribution in [0.25, 0.3) is 0 Å². The molecule has 2 rings (SSSR count). The molecule has 0 aliphatic rings. The Bertz CT molecular complexity index is 696. The molecule has 22 heavy (non-hydrogen) atoms. The lowest BCUT2D eigenvalue weighted by molar-refractivity contribution is -0.138.